The summed E-state index contributed by atoms with van der Waals surface area (Å²) in [5.74, 6) is -0.449. The van der Waals surface area contributed by atoms with E-state index in [1.54, 1.807) is 11.6 Å². The molecule has 1 N–H and O–H groups in total. The van der Waals surface area contributed by atoms with E-state index in [-0.39, 0.29) is 11.4 Å². The average Bonchev–Trinajstić information content (AvgIpc) is 2.66. The number of halogens is 1. The van der Waals surface area contributed by atoms with Crippen LogP contribution in [0, 0.1) is 33.5 Å². The van der Waals surface area contributed by atoms with E-state index in [9.17, 15) is 12.8 Å². The summed E-state index contributed by atoms with van der Waals surface area (Å²) in [5.41, 5.74) is 3.45. The Kier molecular flexibility index (Phi) is 4.67. The first-order valence-corrected chi connectivity index (χ1v) is 8.47. The lowest BCUT2D eigenvalue weighted by atomic mass is 10.2. The Balaban J connectivity index is 2.08. The molecule has 120 valence electrons. The third-order valence-corrected chi connectivity index (χ3v) is 5.41. The molecular weight excluding hydrogens is 305 g/mol. The zero-order valence-corrected chi connectivity index (χ0v) is 14.0. The number of nitrogens with zero attached hydrogens (tertiary/aromatic N) is 2. The van der Waals surface area contributed by atoms with Gasteiger partial charge in [-0.05, 0) is 57.0 Å². The van der Waals surface area contributed by atoms with Crippen LogP contribution in [-0.2, 0) is 16.6 Å². The molecule has 0 aliphatic heterocycles. The summed E-state index contributed by atoms with van der Waals surface area (Å²) in [6.45, 7) is 8.10. The maximum absolute atomic E-state index is 13.1. The van der Waals surface area contributed by atoms with Gasteiger partial charge in [-0.2, -0.15) is 5.10 Å². The van der Waals surface area contributed by atoms with Crippen molar-refractivity contribution in [3.8, 4) is 0 Å². The molecule has 0 aliphatic carbocycles. The van der Waals surface area contributed by atoms with E-state index in [4.69, 9.17) is 0 Å². The third-order valence-electron chi connectivity index (χ3n) is 3.79. The molecule has 0 bridgehead atoms. The standard InChI is InChI=1S/C15H20FN3O2S/c1-10-9-14(16)5-6-15(10)22(20,21)17-7-8-19-13(4)11(2)12(3)18-19/h5-6,9,17H,7-8H2,1-4H3. The van der Waals surface area contributed by atoms with Gasteiger partial charge in [0.15, 0.2) is 0 Å². The summed E-state index contributed by atoms with van der Waals surface area (Å²) in [6, 6.07) is 3.63. The fourth-order valence-electron chi connectivity index (χ4n) is 2.28. The lowest BCUT2D eigenvalue weighted by Crippen LogP contribution is -2.28. The van der Waals surface area contributed by atoms with Crippen molar-refractivity contribution in [1.82, 2.24) is 14.5 Å². The number of hydrogen-bond donors (Lipinski definition) is 1. The molecule has 0 saturated carbocycles. The van der Waals surface area contributed by atoms with Crippen LogP contribution in [0.4, 0.5) is 4.39 Å². The topological polar surface area (TPSA) is 64.0 Å². The van der Waals surface area contributed by atoms with Gasteiger partial charge in [-0.3, -0.25) is 4.68 Å². The Hall–Kier alpha value is -1.73. The van der Waals surface area contributed by atoms with Gasteiger partial charge in [-0.1, -0.05) is 0 Å². The van der Waals surface area contributed by atoms with Crippen molar-refractivity contribution < 1.29 is 12.8 Å². The smallest absolute Gasteiger partial charge is 0.240 e. The Morgan fingerprint density at radius 3 is 2.45 bits per heavy atom. The number of sulfonamides is 1. The van der Waals surface area contributed by atoms with E-state index in [0.717, 1.165) is 23.0 Å². The van der Waals surface area contributed by atoms with Gasteiger partial charge in [0.1, 0.15) is 5.82 Å². The summed E-state index contributed by atoms with van der Waals surface area (Å²) < 4.78 is 41.9. The molecule has 5 nitrogen and oxygen atoms in total. The highest BCUT2D eigenvalue weighted by Gasteiger charge is 2.17. The van der Waals surface area contributed by atoms with Gasteiger partial charge >= 0.3 is 0 Å². The highest BCUT2D eigenvalue weighted by atomic mass is 32.2. The predicted octanol–water partition coefficient (Wildman–Crippen LogP) is 2.23. The van der Waals surface area contributed by atoms with E-state index in [1.807, 2.05) is 20.8 Å². The molecule has 1 aromatic heterocycles. The van der Waals surface area contributed by atoms with Crippen molar-refractivity contribution in [3.63, 3.8) is 0 Å². The molecule has 0 spiro atoms. The van der Waals surface area contributed by atoms with Crippen molar-refractivity contribution in [1.29, 1.82) is 0 Å². The molecular formula is C15H20FN3O2S. The van der Waals surface area contributed by atoms with E-state index in [0.29, 0.717) is 12.1 Å². The number of nitrogens with one attached hydrogen (secondary N) is 1. The molecule has 1 heterocycles. The lowest BCUT2D eigenvalue weighted by Gasteiger charge is -2.10. The second-order valence-corrected chi connectivity index (χ2v) is 7.06. The highest BCUT2D eigenvalue weighted by molar-refractivity contribution is 7.89. The predicted molar refractivity (Wildman–Crippen MR) is 82.8 cm³/mol. The van der Waals surface area contributed by atoms with E-state index in [2.05, 4.69) is 9.82 Å². The maximum atomic E-state index is 13.1. The average molecular weight is 325 g/mol. The first-order chi connectivity index (χ1) is 10.2. The lowest BCUT2D eigenvalue weighted by molar-refractivity contribution is 0.553. The molecule has 1 aromatic carbocycles. The minimum Gasteiger partial charge on any atom is -0.268 e. The minimum atomic E-state index is -3.65. The molecule has 0 unspecified atom stereocenters. The Morgan fingerprint density at radius 2 is 1.91 bits per heavy atom. The molecule has 7 heteroatoms. The van der Waals surface area contributed by atoms with Crippen LogP contribution in [-0.4, -0.2) is 24.7 Å². The molecule has 0 radical (unpaired) electrons. The number of hydrogen-bond acceptors (Lipinski definition) is 3. The quantitative estimate of drug-likeness (QED) is 0.917. The fraction of sp³-hybridized carbons (Fsp3) is 0.400. The number of benzene rings is 1. The van der Waals surface area contributed by atoms with Gasteiger partial charge in [0.05, 0.1) is 17.1 Å². The molecule has 0 atom stereocenters. The van der Waals surface area contributed by atoms with Gasteiger partial charge in [-0.25, -0.2) is 17.5 Å². The molecule has 0 aliphatic rings. The van der Waals surface area contributed by atoms with Crippen molar-refractivity contribution >= 4 is 10.0 Å². The molecule has 2 rings (SSSR count). The molecule has 2 aromatic rings. The van der Waals surface area contributed by atoms with Gasteiger partial charge in [0, 0.05) is 12.2 Å². The van der Waals surface area contributed by atoms with Crippen LogP contribution in [0.3, 0.4) is 0 Å². The normalized spacial score (nSPS) is 11.9. The van der Waals surface area contributed by atoms with Crippen LogP contribution in [0.5, 0.6) is 0 Å². The van der Waals surface area contributed by atoms with Crippen molar-refractivity contribution in [3.05, 3.63) is 46.5 Å². The van der Waals surface area contributed by atoms with Crippen molar-refractivity contribution in [2.24, 2.45) is 0 Å². The van der Waals surface area contributed by atoms with Crippen LogP contribution in [0.1, 0.15) is 22.5 Å². The molecule has 0 amide bonds. The summed E-state index contributed by atoms with van der Waals surface area (Å²) in [6.07, 6.45) is 0. The molecule has 0 fully saturated rings. The highest BCUT2D eigenvalue weighted by Crippen LogP contribution is 2.16. The first-order valence-electron chi connectivity index (χ1n) is 6.99. The summed E-state index contributed by atoms with van der Waals surface area (Å²) in [7, 11) is -3.65. The fourth-order valence-corrected chi connectivity index (χ4v) is 3.53. The zero-order chi connectivity index (χ0) is 16.5. The second kappa shape index (κ2) is 6.18. The summed E-state index contributed by atoms with van der Waals surface area (Å²) in [5, 5.41) is 4.36. The van der Waals surface area contributed by atoms with Gasteiger partial charge in [0.25, 0.3) is 0 Å². The largest absolute Gasteiger partial charge is 0.268 e. The van der Waals surface area contributed by atoms with Crippen LogP contribution in [0.25, 0.3) is 0 Å². The second-order valence-electron chi connectivity index (χ2n) is 5.33. The number of aryl methyl sites for hydroxylation is 2. The van der Waals surface area contributed by atoms with Crippen LogP contribution < -0.4 is 4.72 Å². The van der Waals surface area contributed by atoms with E-state index < -0.39 is 15.8 Å². The van der Waals surface area contributed by atoms with Gasteiger partial charge in [0.2, 0.25) is 10.0 Å². The third kappa shape index (κ3) is 3.36. The SMILES string of the molecule is Cc1cc(F)ccc1S(=O)(=O)NCCn1nc(C)c(C)c1C. The Bertz CT molecular complexity index is 797. The number of rotatable bonds is 5. The van der Waals surface area contributed by atoms with Crippen LogP contribution in [0.2, 0.25) is 0 Å². The summed E-state index contributed by atoms with van der Waals surface area (Å²) >= 11 is 0. The van der Waals surface area contributed by atoms with E-state index >= 15 is 0 Å². The Morgan fingerprint density at radius 1 is 1.23 bits per heavy atom. The van der Waals surface area contributed by atoms with E-state index in [1.165, 1.54) is 12.1 Å². The Labute approximate surface area is 130 Å². The minimum absolute atomic E-state index is 0.0958. The maximum Gasteiger partial charge on any atom is 0.240 e. The zero-order valence-electron chi connectivity index (χ0n) is 13.1. The van der Waals surface area contributed by atoms with Crippen molar-refractivity contribution in [2.45, 2.75) is 39.1 Å². The van der Waals surface area contributed by atoms with Crippen LogP contribution in [0.15, 0.2) is 23.1 Å². The molecule has 22 heavy (non-hydrogen) atoms. The summed E-state index contributed by atoms with van der Waals surface area (Å²) in [4.78, 5) is 0.0958. The molecule has 0 saturated heterocycles. The van der Waals surface area contributed by atoms with Crippen LogP contribution >= 0.6 is 0 Å². The number of aromatic nitrogens is 2. The first kappa shape index (κ1) is 16.6. The van der Waals surface area contributed by atoms with Crippen molar-refractivity contribution in [2.75, 3.05) is 6.54 Å². The monoisotopic (exact) mass is 325 g/mol. The van der Waals surface area contributed by atoms with Gasteiger partial charge in [-0.15, -0.1) is 0 Å². The van der Waals surface area contributed by atoms with Gasteiger partial charge < -0.3 is 0 Å².